The van der Waals surface area contributed by atoms with Gasteiger partial charge in [-0.2, -0.15) is 0 Å². The first-order valence-electron chi connectivity index (χ1n) is 12.0. The fraction of sp³-hybridized carbons (Fsp3) is 0.680. The molecule has 2 N–H and O–H groups in total. The van der Waals surface area contributed by atoms with Crippen molar-refractivity contribution in [1.29, 1.82) is 0 Å². The zero-order valence-electron chi connectivity index (χ0n) is 19.2. The van der Waals surface area contributed by atoms with Crippen LogP contribution in [0.3, 0.4) is 0 Å². The first-order valence-corrected chi connectivity index (χ1v) is 12.0. The predicted octanol–water partition coefficient (Wildman–Crippen LogP) is 2.74. The minimum absolute atomic E-state index is 0.0907. The minimum atomic E-state index is -0.880. The molecule has 2 saturated heterocycles. The lowest BCUT2D eigenvalue weighted by atomic mass is 9.81. The average molecular weight is 430 g/mol. The second-order valence-corrected chi connectivity index (χ2v) is 9.20. The molecule has 0 unspecified atom stereocenters. The number of nitrogens with one attached hydrogen (secondary N) is 1. The third-order valence-corrected chi connectivity index (χ3v) is 6.90. The summed E-state index contributed by atoms with van der Waals surface area (Å²) in [6.07, 6.45) is 7.30. The lowest BCUT2D eigenvalue weighted by Crippen LogP contribution is -2.74. The summed E-state index contributed by atoms with van der Waals surface area (Å²) in [7, 11) is 0. The van der Waals surface area contributed by atoms with Gasteiger partial charge in [0.2, 0.25) is 11.8 Å². The van der Waals surface area contributed by atoms with Gasteiger partial charge < -0.3 is 20.2 Å². The van der Waals surface area contributed by atoms with Crippen molar-refractivity contribution >= 4 is 11.8 Å². The molecule has 2 aliphatic rings. The molecule has 2 fully saturated rings. The zero-order chi connectivity index (χ0) is 22.3. The normalized spacial score (nSPS) is 22.5. The van der Waals surface area contributed by atoms with Crippen LogP contribution in [0.2, 0.25) is 0 Å². The highest BCUT2D eigenvalue weighted by atomic mass is 16.3. The largest absolute Gasteiger partial charge is 0.391 e. The Balaban J connectivity index is 1.44. The molecule has 2 aliphatic heterocycles. The van der Waals surface area contributed by atoms with Crippen LogP contribution in [0.1, 0.15) is 64.4 Å². The van der Waals surface area contributed by atoms with E-state index >= 15 is 0 Å². The van der Waals surface area contributed by atoms with Gasteiger partial charge in [-0.15, -0.1) is 0 Å². The van der Waals surface area contributed by atoms with Crippen molar-refractivity contribution in [1.82, 2.24) is 15.1 Å². The van der Waals surface area contributed by atoms with E-state index in [1.807, 2.05) is 6.92 Å². The summed E-state index contributed by atoms with van der Waals surface area (Å²) in [5, 5.41) is 12.7. The number of benzene rings is 1. The fourth-order valence-electron chi connectivity index (χ4n) is 5.02. The highest BCUT2D eigenvalue weighted by Crippen LogP contribution is 2.33. The lowest BCUT2D eigenvalue weighted by molar-refractivity contribution is -0.164. The van der Waals surface area contributed by atoms with Crippen molar-refractivity contribution in [3.05, 3.63) is 35.9 Å². The van der Waals surface area contributed by atoms with Crippen LogP contribution in [0.5, 0.6) is 0 Å². The Labute approximate surface area is 187 Å². The van der Waals surface area contributed by atoms with Gasteiger partial charge >= 0.3 is 0 Å². The SMILES string of the molecule is CCCN1C(=O)[C@@H]([C@H](C)O)NC(=O)C12CCN(CCCCCCc1ccccc1)CC2. The smallest absolute Gasteiger partial charge is 0.248 e. The highest BCUT2D eigenvalue weighted by Gasteiger charge is 2.53. The number of carbonyl (C=O) groups is 2. The van der Waals surface area contributed by atoms with Crippen molar-refractivity contribution in [3.63, 3.8) is 0 Å². The molecule has 0 aliphatic carbocycles. The standard InChI is InChI=1S/C25H39N3O3/c1-3-16-28-23(30)22(20(2)29)26-24(31)25(28)14-18-27(19-15-25)17-10-5-4-7-11-21-12-8-6-9-13-21/h6,8-9,12-13,20,22,29H,3-5,7,10-11,14-19H2,1-2H3,(H,26,31)/t20-,22+/m0/s1. The van der Waals surface area contributed by atoms with Crippen LogP contribution in [0, 0.1) is 0 Å². The second-order valence-electron chi connectivity index (χ2n) is 9.20. The number of aryl methyl sites for hydroxylation is 1. The molecule has 0 bridgehead atoms. The van der Waals surface area contributed by atoms with Gasteiger partial charge in [-0.3, -0.25) is 9.59 Å². The first-order chi connectivity index (χ1) is 15.0. The molecule has 6 heteroatoms. The summed E-state index contributed by atoms with van der Waals surface area (Å²) in [6.45, 7) is 6.89. The topological polar surface area (TPSA) is 72.9 Å². The molecule has 2 atom stereocenters. The number of piperazine rings is 1. The molecule has 2 amide bonds. The number of nitrogens with zero attached hydrogens (tertiary/aromatic N) is 2. The molecule has 2 heterocycles. The molecule has 0 aromatic heterocycles. The Bertz CT molecular complexity index is 714. The number of aliphatic hydroxyl groups excluding tert-OH is 1. The van der Waals surface area contributed by atoms with E-state index in [1.165, 1.54) is 31.2 Å². The van der Waals surface area contributed by atoms with E-state index in [-0.39, 0.29) is 11.8 Å². The Morgan fingerprint density at radius 2 is 1.74 bits per heavy atom. The minimum Gasteiger partial charge on any atom is -0.391 e. The van der Waals surface area contributed by atoms with E-state index in [1.54, 1.807) is 11.8 Å². The first kappa shape index (κ1) is 23.7. The van der Waals surface area contributed by atoms with Crippen LogP contribution in [0.4, 0.5) is 0 Å². The average Bonchev–Trinajstić information content (AvgIpc) is 2.78. The quantitative estimate of drug-likeness (QED) is 0.561. The monoisotopic (exact) mass is 429 g/mol. The zero-order valence-corrected chi connectivity index (χ0v) is 19.2. The number of likely N-dealkylation sites (tertiary alicyclic amines) is 1. The van der Waals surface area contributed by atoms with Crippen LogP contribution in [-0.2, 0) is 16.0 Å². The Morgan fingerprint density at radius 1 is 1.06 bits per heavy atom. The fourth-order valence-corrected chi connectivity index (χ4v) is 5.02. The van der Waals surface area contributed by atoms with Crippen molar-refractivity contribution in [3.8, 4) is 0 Å². The molecule has 3 rings (SSSR count). The summed E-state index contributed by atoms with van der Waals surface area (Å²) in [5.41, 5.74) is 0.670. The number of hydrogen-bond acceptors (Lipinski definition) is 4. The molecular weight excluding hydrogens is 390 g/mol. The van der Waals surface area contributed by atoms with Gasteiger partial charge in [0.25, 0.3) is 0 Å². The van der Waals surface area contributed by atoms with E-state index in [0.717, 1.165) is 32.5 Å². The van der Waals surface area contributed by atoms with Gasteiger partial charge in [0.15, 0.2) is 0 Å². The Hall–Kier alpha value is -1.92. The summed E-state index contributed by atoms with van der Waals surface area (Å²) in [5.74, 6) is -0.227. The molecule has 0 radical (unpaired) electrons. The van der Waals surface area contributed by atoms with Crippen molar-refractivity contribution in [2.75, 3.05) is 26.2 Å². The summed E-state index contributed by atoms with van der Waals surface area (Å²) < 4.78 is 0. The third-order valence-electron chi connectivity index (χ3n) is 6.90. The number of hydrogen-bond donors (Lipinski definition) is 2. The molecule has 172 valence electrons. The maximum Gasteiger partial charge on any atom is 0.248 e. The van der Waals surface area contributed by atoms with Gasteiger partial charge in [-0.1, -0.05) is 50.1 Å². The molecule has 0 saturated carbocycles. The predicted molar refractivity (Wildman–Crippen MR) is 123 cm³/mol. The van der Waals surface area contributed by atoms with Crippen LogP contribution in [-0.4, -0.2) is 70.6 Å². The number of aliphatic hydroxyl groups is 1. The molecule has 31 heavy (non-hydrogen) atoms. The number of unbranched alkanes of at least 4 members (excludes halogenated alkanes) is 3. The van der Waals surface area contributed by atoms with E-state index in [9.17, 15) is 14.7 Å². The number of amides is 2. The van der Waals surface area contributed by atoms with E-state index in [2.05, 4.69) is 40.5 Å². The Kier molecular flexibility index (Phi) is 8.50. The maximum atomic E-state index is 13.0. The molecule has 6 nitrogen and oxygen atoms in total. The summed E-state index contributed by atoms with van der Waals surface area (Å²) in [6, 6.07) is 9.84. The van der Waals surface area contributed by atoms with Crippen LogP contribution in [0.15, 0.2) is 30.3 Å². The number of rotatable bonds is 10. The van der Waals surface area contributed by atoms with Gasteiger partial charge in [0.1, 0.15) is 11.6 Å². The molecule has 1 spiro atoms. The van der Waals surface area contributed by atoms with Gasteiger partial charge in [-0.25, -0.2) is 0 Å². The maximum absolute atomic E-state index is 13.0. The Morgan fingerprint density at radius 3 is 2.39 bits per heavy atom. The van der Waals surface area contributed by atoms with Crippen LogP contribution in [0.25, 0.3) is 0 Å². The van der Waals surface area contributed by atoms with Gasteiger partial charge in [0.05, 0.1) is 6.10 Å². The van der Waals surface area contributed by atoms with Gasteiger partial charge in [-0.05, 0) is 57.6 Å². The lowest BCUT2D eigenvalue weighted by Gasteiger charge is -2.52. The molecule has 1 aromatic carbocycles. The van der Waals surface area contributed by atoms with E-state index in [4.69, 9.17) is 0 Å². The number of carbonyl (C=O) groups excluding carboxylic acids is 2. The molecule has 1 aromatic rings. The van der Waals surface area contributed by atoms with E-state index < -0.39 is 17.7 Å². The van der Waals surface area contributed by atoms with Crippen molar-refractivity contribution < 1.29 is 14.7 Å². The number of piperidine rings is 1. The van der Waals surface area contributed by atoms with Gasteiger partial charge in [0, 0.05) is 19.6 Å². The van der Waals surface area contributed by atoms with Crippen LogP contribution >= 0.6 is 0 Å². The van der Waals surface area contributed by atoms with Crippen molar-refractivity contribution in [2.24, 2.45) is 0 Å². The van der Waals surface area contributed by atoms with Crippen LogP contribution < -0.4 is 5.32 Å². The summed E-state index contributed by atoms with van der Waals surface area (Å²) in [4.78, 5) is 30.2. The van der Waals surface area contributed by atoms with E-state index in [0.29, 0.717) is 19.4 Å². The third kappa shape index (κ3) is 5.66. The molecular formula is C25H39N3O3. The second kappa shape index (κ2) is 11.1. The summed E-state index contributed by atoms with van der Waals surface area (Å²) >= 11 is 0. The highest BCUT2D eigenvalue weighted by molar-refractivity contribution is 6.00. The van der Waals surface area contributed by atoms with Crippen molar-refractivity contribution in [2.45, 2.75) is 82.9 Å².